The first-order valence-electron chi connectivity index (χ1n) is 8.12. The van der Waals surface area contributed by atoms with Gasteiger partial charge in [-0.15, -0.1) is 0 Å². The van der Waals surface area contributed by atoms with Crippen LogP contribution in [-0.4, -0.2) is 67.4 Å². The molecule has 0 aromatic heterocycles. The minimum atomic E-state index is -0.189. The first-order valence-corrected chi connectivity index (χ1v) is 8.12. The van der Waals surface area contributed by atoms with Crippen molar-refractivity contribution in [3.05, 3.63) is 18.2 Å². The van der Waals surface area contributed by atoms with E-state index < -0.39 is 0 Å². The Morgan fingerprint density at radius 2 is 1.76 bits per heavy atom. The first kappa shape index (κ1) is 18.7. The maximum atomic E-state index is 12.3. The second-order valence-electron chi connectivity index (χ2n) is 5.93. The molecular weight excluding hydrogens is 324 g/mol. The summed E-state index contributed by atoms with van der Waals surface area (Å²) in [6, 6.07) is 5.05. The molecule has 8 nitrogen and oxygen atoms in total. The summed E-state index contributed by atoms with van der Waals surface area (Å²) in [5, 5.41) is 5.49. The van der Waals surface area contributed by atoms with Crippen LogP contribution in [0.5, 0.6) is 5.75 Å². The number of hydrogen-bond donors (Lipinski definition) is 2. The monoisotopic (exact) mass is 348 g/mol. The molecule has 0 spiro atoms. The van der Waals surface area contributed by atoms with Crippen molar-refractivity contribution in [1.82, 2.24) is 9.80 Å². The van der Waals surface area contributed by atoms with E-state index in [1.165, 1.54) is 14.0 Å². The van der Waals surface area contributed by atoms with Gasteiger partial charge in [0.25, 0.3) is 0 Å². The summed E-state index contributed by atoms with van der Waals surface area (Å²) in [6.45, 7) is 5.79. The normalized spacial score (nSPS) is 14.8. The highest BCUT2D eigenvalue weighted by Crippen LogP contribution is 2.27. The highest BCUT2D eigenvalue weighted by molar-refractivity contribution is 5.95. The lowest BCUT2D eigenvalue weighted by Crippen LogP contribution is -2.49. The van der Waals surface area contributed by atoms with Crippen LogP contribution in [0, 0.1) is 0 Å². The Hall–Kier alpha value is -2.61. The van der Waals surface area contributed by atoms with E-state index in [0.717, 1.165) is 0 Å². The highest BCUT2D eigenvalue weighted by atomic mass is 16.5. The number of anilines is 2. The molecule has 3 amide bonds. The van der Waals surface area contributed by atoms with Crippen LogP contribution in [0.1, 0.15) is 13.8 Å². The van der Waals surface area contributed by atoms with Crippen LogP contribution < -0.4 is 15.4 Å². The van der Waals surface area contributed by atoms with E-state index in [1.807, 2.05) is 4.90 Å². The first-order chi connectivity index (χ1) is 11.9. The van der Waals surface area contributed by atoms with Gasteiger partial charge >= 0.3 is 0 Å². The van der Waals surface area contributed by atoms with E-state index in [0.29, 0.717) is 43.3 Å². The Bertz CT molecular complexity index is 654. The number of rotatable bonds is 5. The van der Waals surface area contributed by atoms with Crippen LogP contribution in [0.4, 0.5) is 11.4 Å². The molecule has 25 heavy (non-hydrogen) atoms. The Kier molecular flexibility index (Phi) is 6.35. The number of piperazine rings is 1. The van der Waals surface area contributed by atoms with Gasteiger partial charge in [-0.3, -0.25) is 19.3 Å². The fourth-order valence-electron chi connectivity index (χ4n) is 2.70. The molecule has 0 aliphatic carbocycles. The van der Waals surface area contributed by atoms with Crippen molar-refractivity contribution < 1.29 is 19.1 Å². The number of ether oxygens (including phenoxy) is 1. The molecule has 136 valence electrons. The van der Waals surface area contributed by atoms with Crippen LogP contribution in [0.15, 0.2) is 18.2 Å². The number of methoxy groups -OCH3 is 1. The predicted octanol–water partition coefficient (Wildman–Crippen LogP) is 0.756. The summed E-state index contributed by atoms with van der Waals surface area (Å²) < 4.78 is 5.25. The van der Waals surface area contributed by atoms with Gasteiger partial charge in [-0.25, -0.2) is 0 Å². The molecule has 1 aliphatic heterocycles. The van der Waals surface area contributed by atoms with Crippen molar-refractivity contribution in [2.24, 2.45) is 0 Å². The molecule has 1 saturated heterocycles. The predicted molar refractivity (Wildman–Crippen MR) is 94.6 cm³/mol. The molecule has 1 aromatic rings. The zero-order valence-electron chi connectivity index (χ0n) is 14.8. The van der Waals surface area contributed by atoms with Gasteiger partial charge in [-0.05, 0) is 18.2 Å². The number of nitrogens with zero attached hydrogens (tertiary/aromatic N) is 2. The highest BCUT2D eigenvalue weighted by Gasteiger charge is 2.20. The standard InChI is InChI=1S/C17H24N4O4/c1-12(22)18-14-4-5-16(25-3)15(10-14)19-17(24)11-20-6-8-21(9-7-20)13(2)23/h4-5,10H,6-9,11H2,1-3H3,(H,18,22)(H,19,24). The average molecular weight is 348 g/mol. The van der Waals surface area contributed by atoms with Crippen LogP contribution in [0.25, 0.3) is 0 Å². The lowest BCUT2D eigenvalue weighted by molar-refractivity contribution is -0.130. The van der Waals surface area contributed by atoms with Crippen molar-refractivity contribution in [1.29, 1.82) is 0 Å². The van der Waals surface area contributed by atoms with Gasteiger partial charge in [-0.1, -0.05) is 0 Å². The number of amides is 3. The third-order valence-electron chi connectivity index (χ3n) is 3.98. The molecule has 1 heterocycles. The summed E-state index contributed by atoms with van der Waals surface area (Å²) in [6.07, 6.45) is 0. The molecule has 0 radical (unpaired) electrons. The van der Waals surface area contributed by atoms with Gasteiger partial charge in [0.2, 0.25) is 17.7 Å². The zero-order valence-corrected chi connectivity index (χ0v) is 14.8. The Labute approximate surface area is 147 Å². The lowest BCUT2D eigenvalue weighted by Gasteiger charge is -2.33. The maximum absolute atomic E-state index is 12.3. The molecule has 0 atom stereocenters. The van der Waals surface area contributed by atoms with E-state index in [-0.39, 0.29) is 24.3 Å². The third-order valence-corrected chi connectivity index (χ3v) is 3.98. The number of carbonyl (C=O) groups is 3. The van der Waals surface area contributed by atoms with Gasteiger partial charge in [0, 0.05) is 45.7 Å². The van der Waals surface area contributed by atoms with Crippen LogP contribution in [0.2, 0.25) is 0 Å². The second-order valence-corrected chi connectivity index (χ2v) is 5.93. The average Bonchev–Trinajstić information content (AvgIpc) is 2.55. The molecule has 1 aromatic carbocycles. The summed E-state index contributed by atoms with van der Waals surface area (Å²) in [5.74, 6) is 0.216. The SMILES string of the molecule is COc1ccc(NC(C)=O)cc1NC(=O)CN1CCN(C(C)=O)CC1. The number of benzene rings is 1. The summed E-state index contributed by atoms with van der Waals surface area (Å²) in [7, 11) is 1.52. The van der Waals surface area contributed by atoms with E-state index >= 15 is 0 Å². The van der Waals surface area contributed by atoms with Gasteiger partial charge in [0.1, 0.15) is 5.75 Å². The number of carbonyl (C=O) groups excluding carboxylic acids is 3. The van der Waals surface area contributed by atoms with Crippen LogP contribution in [-0.2, 0) is 14.4 Å². The molecule has 1 fully saturated rings. The van der Waals surface area contributed by atoms with Gasteiger partial charge in [0.15, 0.2) is 0 Å². The lowest BCUT2D eigenvalue weighted by atomic mass is 10.2. The Balaban J connectivity index is 1.95. The minimum Gasteiger partial charge on any atom is -0.495 e. The fourth-order valence-corrected chi connectivity index (χ4v) is 2.70. The van der Waals surface area contributed by atoms with Crippen LogP contribution >= 0.6 is 0 Å². The maximum Gasteiger partial charge on any atom is 0.238 e. The molecule has 2 rings (SSSR count). The smallest absolute Gasteiger partial charge is 0.238 e. The molecule has 2 N–H and O–H groups in total. The van der Waals surface area contributed by atoms with Gasteiger partial charge in [-0.2, -0.15) is 0 Å². The molecule has 0 unspecified atom stereocenters. The molecule has 0 saturated carbocycles. The van der Waals surface area contributed by atoms with Crippen molar-refractivity contribution in [2.75, 3.05) is 50.5 Å². The van der Waals surface area contributed by atoms with E-state index in [1.54, 1.807) is 30.0 Å². The molecule has 0 bridgehead atoms. The molecular formula is C17H24N4O4. The Morgan fingerprint density at radius 3 is 2.32 bits per heavy atom. The molecule has 1 aliphatic rings. The topological polar surface area (TPSA) is 91.0 Å². The van der Waals surface area contributed by atoms with Gasteiger partial charge < -0.3 is 20.3 Å². The zero-order chi connectivity index (χ0) is 18.4. The van der Waals surface area contributed by atoms with Crippen molar-refractivity contribution in [3.8, 4) is 5.75 Å². The third kappa shape index (κ3) is 5.46. The van der Waals surface area contributed by atoms with Gasteiger partial charge in [0.05, 0.1) is 19.3 Å². The minimum absolute atomic E-state index is 0.0589. The summed E-state index contributed by atoms with van der Waals surface area (Å²) in [4.78, 5) is 38.6. The fraction of sp³-hybridized carbons (Fsp3) is 0.471. The Morgan fingerprint density at radius 1 is 1.08 bits per heavy atom. The van der Waals surface area contributed by atoms with E-state index in [2.05, 4.69) is 10.6 Å². The van der Waals surface area contributed by atoms with Crippen molar-refractivity contribution in [2.45, 2.75) is 13.8 Å². The molecule has 8 heteroatoms. The largest absolute Gasteiger partial charge is 0.495 e. The van der Waals surface area contributed by atoms with Crippen LogP contribution in [0.3, 0.4) is 0 Å². The van der Waals surface area contributed by atoms with E-state index in [9.17, 15) is 14.4 Å². The summed E-state index contributed by atoms with van der Waals surface area (Å²) in [5.41, 5.74) is 1.08. The van der Waals surface area contributed by atoms with E-state index in [4.69, 9.17) is 4.74 Å². The second kappa shape index (κ2) is 8.48. The summed E-state index contributed by atoms with van der Waals surface area (Å²) >= 11 is 0. The quantitative estimate of drug-likeness (QED) is 0.820. The number of hydrogen-bond acceptors (Lipinski definition) is 5. The van der Waals surface area contributed by atoms with Crippen molar-refractivity contribution >= 4 is 29.1 Å². The van der Waals surface area contributed by atoms with Crippen molar-refractivity contribution in [3.63, 3.8) is 0 Å². The number of nitrogens with one attached hydrogen (secondary N) is 2.